The number of piperidine rings is 1. The maximum Gasteiger partial charge on any atom is 0.262 e. The van der Waals surface area contributed by atoms with E-state index < -0.39 is 22.0 Å². The maximum atomic E-state index is 14.0. The monoisotopic (exact) mass is 593 g/mol. The second-order valence-corrected chi connectivity index (χ2v) is 12.2. The molecule has 2 atom stereocenters. The summed E-state index contributed by atoms with van der Waals surface area (Å²) in [6.45, 7) is 0.797. The lowest BCUT2D eigenvalue weighted by Crippen LogP contribution is -2.54. The molecule has 0 aliphatic carbocycles. The van der Waals surface area contributed by atoms with Crippen LogP contribution in [0.15, 0.2) is 77.7 Å². The maximum absolute atomic E-state index is 14.0. The van der Waals surface area contributed by atoms with Gasteiger partial charge in [0.2, 0.25) is 15.9 Å². The zero-order valence-corrected chi connectivity index (χ0v) is 24.5. The molecule has 222 valence electrons. The lowest BCUT2D eigenvalue weighted by atomic mass is 9.97. The first-order valence-corrected chi connectivity index (χ1v) is 15.4. The molecule has 10 nitrogen and oxygen atoms in total. The lowest BCUT2D eigenvalue weighted by Gasteiger charge is -2.38. The molecule has 1 fully saturated rings. The van der Waals surface area contributed by atoms with Gasteiger partial charge >= 0.3 is 0 Å². The fourth-order valence-corrected chi connectivity index (χ4v) is 6.92. The number of benzene rings is 3. The molecule has 0 saturated carbocycles. The molecule has 5 rings (SSSR count). The minimum atomic E-state index is -3.90. The van der Waals surface area contributed by atoms with Crippen LogP contribution in [-0.4, -0.2) is 71.0 Å². The fraction of sp³-hybridized carbons (Fsp3) is 0.355. The second kappa shape index (κ2) is 12.8. The predicted molar refractivity (Wildman–Crippen MR) is 157 cm³/mol. The summed E-state index contributed by atoms with van der Waals surface area (Å²) in [5, 5.41) is 2.92. The van der Waals surface area contributed by atoms with E-state index in [2.05, 4.69) is 5.32 Å². The number of nitrogens with one attached hydrogen (secondary N) is 1. The van der Waals surface area contributed by atoms with E-state index in [4.69, 9.17) is 14.2 Å². The number of sulfonamides is 1. The minimum Gasteiger partial charge on any atom is -0.493 e. The highest BCUT2D eigenvalue weighted by Gasteiger charge is 2.40. The molecule has 3 aromatic rings. The third-order valence-corrected chi connectivity index (χ3v) is 9.48. The Balaban J connectivity index is 1.30. The highest BCUT2D eigenvalue weighted by atomic mass is 32.2. The van der Waals surface area contributed by atoms with E-state index in [1.54, 1.807) is 35.2 Å². The van der Waals surface area contributed by atoms with Crippen LogP contribution in [0.4, 0.5) is 5.69 Å². The topological polar surface area (TPSA) is 114 Å². The van der Waals surface area contributed by atoms with E-state index in [-0.39, 0.29) is 29.8 Å². The molecule has 2 aliphatic rings. The predicted octanol–water partition coefficient (Wildman–Crippen LogP) is 3.26. The van der Waals surface area contributed by atoms with Crippen LogP contribution in [0.2, 0.25) is 0 Å². The number of nitrogens with zero attached hydrogens (tertiary/aromatic N) is 2. The summed E-state index contributed by atoms with van der Waals surface area (Å²) in [6.07, 6.45) is 0.836. The molecule has 2 heterocycles. The summed E-state index contributed by atoms with van der Waals surface area (Å²) in [4.78, 5) is 28.7. The van der Waals surface area contributed by atoms with Crippen molar-refractivity contribution in [3.63, 3.8) is 0 Å². The number of fused-ring (bicyclic) bond motifs is 1. The van der Waals surface area contributed by atoms with Crippen LogP contribution in [0.5, 0.6) is 17.2 Å². The van der Waals surface area contributed by atoms with Crippen molar-refractivity contribution in [2.45, 2.75) is 30.3 Å². The van der Waals surface area contributed by atoms with Crippen molar-refractivity contribution >= 4 is 27.5 Å². The third-order valence-electron chi connectivity index (χ3n) is 7.61. The van der Waals surface area contributed by atoms with Gasteiger partial charge in [-0.1, -0.05) is 42.5 Å². The zero-order valence-electron chi connectivity index (χ0n) is 23.7. The first kappa shape index (κ1) is 29.4. The number of para-hydroxylation sites is 2. The molecule has 0 spiro atoms. The molecule has 11 heteroatoms. The molecular formula is C31H35N3O7S. The summed E-state index contributed by atoms with van der Waals surface area (Å²) in [7, 11) is -0.969. The van der Waals surface area contributed by atoms with Crippen LogP contribution in [0, 0.1) is 5.92 Å². The van der Waals surface area contributed by atoms with E-state index in [0.717, 1.165) is 5.56 Å². The Morgan fingerprint density at radius 2 is 1.69 bits per heavy atom. The van der Waals surface area contributed by atoms with Gasteiger partial charge < -0.3 is 24.4 Å². The van der Waals surface area contributed by atoms with Crippen molar-refractivity contribution < 1.29 is 32.2 Å². The number of carbonyl (C=O) groups excluding carboxylic acids is 2. The van der Waals surface area contributed by atoms with Crippen molar-refractivity contribution in [1.29, 1.82) is 0 Å². The van der Waals surface area contributed by atoms with Gasteiger partial charge in [0.25, 0.3) is 5.91 Å². The molecule has 42 heavy (non-hydrogen) atoms. The number of hydrogen-bond donors (Lipinski definition) is 1. The molecular weight excluding hydrogens is 558 g/mol. The summed E-state index contributed by atoms with van der Waals surface area (Å²) in [5.41, 5.74) is 1.67. The Morgan fingerprint density at radius 1 is 0.952 bits per heavy atom. The van der Waals surface area contributed by atoms with Gasteiger partial charge in [0, 0.05) is 25.7 Å². The van der Waals surface area contributed by atoms with Gasteiger partial charge in [-0.3, -0.25) is 9.59 Å². The summed E-state index contributed by atoms with van der Waals surface area (Å²) in [6, 6.07) is 21.4. The molecule has 3 aromatic carbocycles. The molecule has 1 N–H and O–H groups in total. The first-order valence-electron chi connectivity index (χ1n) is 13.9. The number of anilines is 1. The molecule has 2 amide bonds. The number of ether oxygens (including phenoxy) is 3. The van der Waals surface area contributed by atoms with Crippen molar-refractivity contribution in [1.82, 2.24) is 9.62 Å². The third kappa shape index (κ3) is 6.22. The second-order valence-electron chi connectivity index (χ2n) is 10.3. The van der Waals surface area contributed by atoms with E-state index >= 15 is 0 Å². The Hall–Kier alpha value is -4.09. The number of carbonyl (C=O) groups is 2. The van der Waals surface area contributed by atoms with Crippen LogP contribution >= 0.6 is 0 Å². The molecule has 0 bridgehead atoms. The minimum absolute atomic E-state index is 0.0307. The smallest absolute Gasteiger partial charge is 0.262 e. The van der Waals surface area contributed by atoms with Crippen molar-refractivity contribution in [3.8, 4) is 17.2 Å². The highest BCUT2D eigenvalue weighted by molar-refractivity contribution is 7.89. The summed E-state index contributed by atoms with van der Waals surface area (Å²) in [5.74, 6) is 0.0427. The number of methoxy groups -OCH3 is 2. The SMILES string of the molecule is COc1ccc(S(=O)(=O)N2CCC[C@@H](C(=O)N3C[C@@H](C(=O)NCCc4ccccc4)Oc4ccccc43)C2)cc1OC. The van der Waals surface area contributed by atoms with Crippen LogP contribution in [0.25, 0.3) is 0 Å². The fourth-order valence-electron chi connectivity index (χ4n) is 5.38. The first-order chi connectivity index (χ1) is 20.3. The average Bonchev–Trinajstić information content (AvgIpc) is 3.04. The summed E-state index contributed by atoms with van der Waals surface area (Å²) < 4.78 is 45.0. The molecule has 2 aliphatic heterocycles. The molecule has 0 aromatic heterocycles. The number of rotatable bonds is 9. The molecule has 0 unspecified atom stereocenters. The van der Waals surface area contributed by atoms with Gasteiger partial charge in [0.15, 0.2) is 17.6 Å². The van der Waals surface area contributed by atoms with Crippen LogP contribution < -0.4 is 24.4 Å². The molecule has 1 saturated heterocycles. The van der Waals surface area contributed by atoms with Crippen LogP contribution in [0.3, 0.4) is 0 Å². The quantitative estimate of drug-likeness (QED) is 0.405. The Morgan fingerprint density at radius 3 is 2.45 bits per heavy atom. The zero-order chi connectivity index (χ0) is 29.7. The van der Waals surface area contributed by atoms with Gasteiger partial charge in [0.05, 0.1) is 37.3 Å². The van der Waals surface area contributed by atoms with E-state index in [1.807, 2.05) is 30.3 Å². The van der Waals surface area contributed by atoms with Crippen LogP contribution in [-0.2, 0) is 26.0 Å². The Labute approximate surface area is 246 Å². The molecule has 0 radical (unpaired) electrons. The summed E-state index contributed by atoms with van der Waals surface area (Å²) >= 11 is 0. The lowest BCUT2D eigenvalue weighted by molar-refractivity contribution is -0.129. The van der Waals surface area contributed by atoms with E-state index in [9.17, 15) is 18.0 Å². The van der Waals surface area contributed by atoms with Gasteiger partial charge in [-0.2, -0.15) is 4.31 Å². The van der Waals surface area contributed by atoms with Crippen molar-refractivity contribution in [2.24, 2.45) is 5.92 Å². The normalized spacial score (nSPS) is 18.9. The van der Waals surface area contributed by atoms with Gasteiger partial charge in [-0.25, -0.2) is 8.42 Å². The van der Waals surface area contributed by atoms with Gasteiger partial charge in [-0.05, 0) is 49.1 Å². The van der Waals surface area contributed by atoms with Crippen molar-refractivity contribution in [2.75, 3.05) is 45.3 Å². The van der Waals surface area contributed by atoms with Crippen molar-refractivity contribution in [3.05, 3.63) is 78.4 Å². The highest BCUT2D eigenvalue weighted by Crippen LogP contribution is 2.36. The standard InChI is InChI=1S/C31H35N3O7S/c1-39-27-15-14-24(19-28(27)40-2)42(37,38)33-18-8-11-23(20-33)31(36)34-21-29(41-26-13-7-6-12-25(26)34)30(35)32-17-16-22-9-4-3-5-10-22/h3-7,9-10,12-15,19,23,29H,8,11,16-18,20-21H2,1-2H3,(H,32,35)/t23-,29+/m1/s1. The van der Waals surface area contributed by atoms with Gasteiger partial charge in [-0.15, -0.1) is 0 Å². The largest absolute Gasteiger partial charge is 0.493 e. The van der Waals surface area contributed by atoms with E-state index in [0.29, 0.717) is 55.3 Å². The Kier molecular flexibility index (Phi) is 8.98. The number of hydrogen-bond acceptors (Lipinski definition) is 7. The Bertz CT molecular complexity index is 1530. The average molecular weight is 594 g/mol. The van der Waals surface area contributed by atoms with E-state index in [1.165, 1.54) is 30.7 Å². The number of amides is 2. The van der Waals surface area contributed by atoms with Gasteiger partial charge in [0.1, 0.15) is 5.75 Å². The van der Waals surface area contributed by atoms with Crippen LogP contribution in [0.1, 0.15) is 18.4 Å².